The van der Waals surface area contributed by atoms with E-state index in [0.717, 1.165) is 17.3 Å². The molecule has 0 radical (unpaired) electrons. The number of nitrogens with zero attached hydrogens (tertiary/aromatic N) is 1. The molecular formula is C18H15IN2O5S2. The van der Waals surface area contributed by atoms with Gasteiger partial charge in [-0.25, -0.2) is 0 Å². The molecule has 0 saturated carbocycles. The van der Waals surface area contributed by atoms with E-state index in [1.54, 1.807) is 30.3 Å². The molecule has 0 fully saturated rings. The molecule has 0 bridgehead atoms. The topological polar surface area (TPSA) is 108 Å². The van der Waals surface area contributed by atoms with E-state index in [9.17, 15) is 13.2 Å². The summed E-state index contributed by atoms with van der Waals surface area (Å²) in [6.45, 7) is 1.86. The van der Waals surface area contributed by atoms with Gasteiger partial charge in [-0.1, -0.05) is 17.7 Å². The lowest BCUT2D eigenvalue weighted by molar-refractivity contribution is -0.113. The number of aryl methyl sites for hydroxylation is 1. The second kappa shape index (κ2) is 8.13. The molecule has 2 aromatic carbocycles. The van der Waals surface area contributed by atoms with Crippen LogP contribution in [0.15, 0.2) is 51.2 Å². The maximum atomic E-state index is 12.6. The van der Waals surface area contributed by atoms with Gasteiger partial charge in [0.25, 0.3) is 5.91 Å². The number of hydrogen-bond donors (Lipinski definition) is 1. The maximum Gasteiger partial charge on any atom is 0.339 e. The molecule has 1 aliphatic rings. The molecule has 7 nitrogen and oxygen atoms in total. The van der Waals surface area contributed by atoms with Crippen LogP contribution in [-0.4, -0.2) is 26.6 Å². The summed E-state index contributed by atoms with van der Waals surface area (Å²) in [5.74, 6) is -0.121. The van der Waals surface area contributed by atoms with E-state index in [2.05, 4.69) is 4.99 Å². The van der Waals surface area contributed by atoms with Gasteiger partial charge in [0.1, 0.15) is 4.90 Å². The third-order valence-corrected chi connectivity index (χ3v) is 6.54. The lowest BCUT2D eigenvalue weighted by atomic mass is 10.2. The molecule has 2 aromatic rings. The smallest absolute Gasteiger partial charge is 0.339 e. The summed E-state index contributed by atoms with van der Waals surface area (Å²) < 4.78 is 36.4. The van der Waals surface area contributed by atoms with Crippen molar-refractivity contribution in [3.8, 4) is 11.5 Å². The van der Waals surface area contributed by atoms with E-state index in [4.69, 9.17) is 14.7 Å². The van der Waals surface area contributed by atoms with Gasteiger partial charge in [-0.15, -0.1) is 0 Å². The number of ether oxygens (including phenoxy) is 1. The standard InChI is InChI=1S/C18H15IN2O5S2/c1-10-3-5-12(6-4-10)28(23,24)26-16-13(19)7-11(8-14(16)25-2)9-15-17(22)21-18(20)27-15/h3-9H,1-2H3,(H2,20,21,22)/b15-9-. The molecule has 3 rings (SSSR count). The van der Waals surface area contributed by atoms with Crippen LogP contribution in [0.3, 0.4) is 0 Å². The second-order valence-corrected chi connectivity index (χ2v) is 9.52. The third-order valence-electron chi connectivity index (χ3n) is 3.69. The molecule has 2 N–H and O–H groups in total. The van der Waals surface area contributed by atoms with Crippen molar-refractivity contribution in [3.05, 3.63) is 56.0 Å². The zero-order valence-corrected chi connectivity index (χ0v) is 18.6. The summed E-state index contributed by atoms with van der Waals surface area (Å²) in [6.07, 6.45) is 1.61. The molecule has 0 saturated heterocycles. The number of amides is 1. The number of aliphatic imine (C=N–C) groups is 1. The highest BCUT2D eigenvalue weighted by Gasteiger charge is 2.23. The van der Waals surface area contributed by atoms with Gasteiger partial charge in [0.15, 0.2) is 16.7 Å². The number of amidine groups is 1. The van der Waals surface area contributed by atoms with Crippen LogP contribution < -0.4 is 14.7 Å². The number of rotatable bonds is 5. The van der Waals surface area contributed by atoms with Crippen molar-refractivity contribution in [2.24, 2.45) is 10.7 Å². The van der Waals surface area contributed by atoms with Crippen LogP contribution in [-0.2, 0) is 14.9 Å². The van der Waals surface area contributed by atoms with Crippen molar-refractivity contribution in [2.75, 3.05) is 7.11 Å². The lowest BCUT2D eigenvalue weighted by Gasteiger charge is -2.13. The predicted octanol–water partition coefficient (Wildman–Crippen LogP) is 3.30. The van der Waals surface area contributed by atoms with Crippen LogP contribution in [0.25, 0.3) is 6.08 Å². The van der Waals surface area contributed by atoms with E-state index in [0.29, 0.717) is 14.0 Å². The SMILES string of the molecule is COc1cc(/C=C2\SC(N)=NC2=O)cc(I)c1OS(=O)(=O)c1ccc(C)cc1. The summed E-state index contributed by atoms with van der Waals surface area (Å²) in [4.78, 5) is 15.8. The Kier molecular flexibility index (Phi) is 6.01. The fourth-order valence-corrected chi connectivity index (χ4v) is 4.87. The van der Waals surface area contributed by atoms with Crippen LogP contribution in [0.2, 0.25) is 0 Å². The Labute approximate surface area is 180 Å². The molecule has 28 heavy (non-hydrogen) atoms. The largest absolute Gasteiger partial charge is 0.493 e. The summed E-state index contributed by atoms with van der Waals surface area (Å²) >= 11 is 3.02. The zero-order chi connectivity index (χ0) is 20.5. The Morgan fingerprint density at radius 1 is 1.21 bits per heavy atom. The minimum absolute atomic E-state index is 0.0442. The van der Waals surface area contributed by atoms with E-state index < -0.39 is 16.0 Å². The quantitative estimate of drug-likeness (QED) is 0.359. The lowest BCUT2D eigenvalue weighted by Crippen LogP contribution is -2.11. The van der Waals surface area contributed by atoms with E-state index in [1.165, 1.54) is 19.2 Å². The summed E-state index contributed by atoms with van der Waals surface area (Å²) in [5, 5.41) is 0.182. The minimum atomic E-state index is -4.03. The third kappa shape index (κ3) is 4.50. The Morgan fingerprint density at radius 3 is 2.46 bits per heavy atom. The highest BCUT2D eigenvalue weighted by molar-refractivity contribution is 14.1. The number of carbonyl (C=O) groups excluding carboxylic acids is 1. The number of carbonyl (C=O) groups is 1. The number of nitrogens with two attached hydrogens (primary N) is 1. The van der Waals surface area contributed by atoms with Crippen LogP contribution in [0, 0.1) is 10.5 Å². The first kappa shape index (κ1) is 20.7. The van der Waals surface area contributed by atoms with Crippen molar-refractivity contribution in [1.82, 2.24) is 0 Å². The average molecular weight is 530 g/mol. The van der Waals surface area contributed by atoms with E-state index in [-0.39, 0.29) is 21.6 Å². The zero-order valence-electron chi connectivity index (χ0n) is 14.8. The minimum Gasteiger partial charge on any atom is -0.493 e. The molecule has 0 aliphatic carbocycles. The van der Waals surface area contributed by atoms with Crippen molar-refractivity contribution in [2.45, 2.75) is 11.8 Å². The van der Waals surface area contributed by atoms with Gasteiger partial charge in [-0.2, -0.15) is 13.4 Å². The summed E-state index contributed by atoms with van der Waals surface area (Å²) in [7, 11) is -2.62. The van der Waals surface area contributed by atoms with Crippen molar-refractivity contribution in [3.63, 3.8) is 0 Å². The monoisotopic (exact) mass is 530 g/mol. The van der Waals surface area contributed by atoms with Gasteiger partial charge in [0, 0.05) is 0 Å². The molecule has 1 heterocycles. The highest BCUT2D eigenvalue weighted by Crippen LogP contribution is 2.37. The van der Waals surface area contributed by atoms with Crippen LogP contribution in [0.1, 0.15) is 11.1 Å². The molecule has 0 aromatic heterocycles. The molecule has 0 spiro atoms. The maximum absolute atomic E-state index is 12.6. The molecule has 0 unspecified atom stereocenters. The number of thioether (sulfide) groups is 1. The van der Waals surface area contributed by atoms with Gasteiger partial charge in [0.05, 0.1) is 15.6 Å². The number of halogens is 1. The van der Waals surface area contributed by atoms with Crippen LogP contribution in [0.4, 0.5) is 0 Å². The van der Waals surface area contributed by atoms with Crippen molar-refractivity contribution in [1.29, 1.82) is 0 Å². The molecule has 1 amide bonds. The Hall–Kier alpha value is -2.05. The van der Waals surface area contributed by atoms with Crippen molar-refractivity contribution < 1.29 is 22.1 Å². The van der Waals surface area contributed by atoms with E-state index >= 15 is 0 Å². The summed E-state index contributed by atoms with van der Waals surface area (Å²) in [6, 6.07) is 9.61. The first-order valence-corrected chi connectivity index (χ1v) is 11.2. The van der Waals surface area contributed by atoms with Gasteiger partial charge in [0.2, 0.25) is 0 Å². The fraction of sp³-hybridized carbons (Fsp3) is 0.111. The Bertz CT molecular complexity index is 1110. The van der Waals surface area contributed by atoms with E-state index in [1.807, 2.05) is 29.5 Å². The van der Waals surface area contributed by atoms with Gasteiger partial charge < -0.3 is 14.7 Å². The highest BCUT2D eigenvalue weighted by atomic mass is 127. The molecular weight excluding hydrogens is 515 g/mol. The molecule has 1 aliphatic heterocycles. The number of hydrogen-bond acceptors (Lipinski definition) is 7. The first-order valence-electron chi connectivity index (χ1n) is 7.86. The molecule has 0 atom stereocenters. The molecule has 10 heteroatoms. The van der Waals surface area contributed by atoms with Crippen molar-refractivity contribution >= 4 is 61.6 Å². The summed E-state index contributed by atoms with van der Waals surface area (Å²) in [5.41, 5.74) is 7.12. The van der Waals surface area contributed by atoms with Gasteiger partial charge in [-0.05, 0) is 77.2 Å². The second-order valence-electron chi connectivity index (χ2n) is 5.75. The van der Waals surface area contributed by atoms with Gasteiger partial charge >= 0.3 is 10.1 Å². The number of benzene rings is 2. The average Bonchev–Trinajstić information content (AvgIpc) is 2.94. The normalized spacial score (nSPS) is 15.6. The van der Waals surface area contributed by atoms with Crippen LogP contribution in [0.5, 0.6) is 11.5 Å². The van der Waals surface area contributed by atoms with Crippen LogP contribution >= 0.6 is 34.4 Å². The molecule has 146 valence electrons. The van der Waals surface area contributed by atoms with Gasteiger partial charge in [-0.3, -0.25) is 4.79 Å². The predicted molar refractivity (Wildman–Crippen MR) is 117 cm³/mol. The number of methoxy groups -OCH3 is 1. The Morgan fingerprint density at radius 2 is 1.89 bits per heavy atom. The fourth-order valence-electron chi connectivity index (χ4n) is 2.34. The first-order chi connectivity index (χ1) is 13.2. The Balaban J connectivity index is 1.95.